The Labute approximate surface area is 293 Å². The van der Waals surface area contributed by atoms with Gasteiger partial charge in [0.25, 0.3) is 5.78 Å². The van der Waals surface area contributed by atoms with E-state index in [1.807, 2.05) is 19.0 Å². The van der Waals surface area contributed by atoms with E-state index in [4.69, 9.17) is 56.9 Å². The van der Waals surface area contributed by atoms with Gasteiger partial charge in [-0.1, -0.05) is 46.4 Å². The molecule has 0 saturated heterocycles. The molecule has 0 saturated carbocycles. The van der Waals surface area contributed by atoms with Crippen molar-refractivity contribution in [2.75, 3.05) is 44.6 Å². The van der Waals surface area contributed by atoms with Crippen molar-refractivity contribution >= 4 is 69.5 Å². The molecule has 2 rings (SSSR count). The van der Waals surface area contributed by atoms with Crippen LogP contribution in [0.1, 0.15) is 25.4 Å². The molecule has 0 aliphatic rings. The maximum absolute atomic E-state index is 12.4. The largest absolute Gasteiger partial charge is 1.00 e. The molecule has 0 aliphatic carbocycles. The summed E-state index contributed by atoms with van der Waals surface area (Å²) in [4.78, 5) is 24.3. The summed E-state index contributed by atoms with van der Waals surface area (Å²) in [5.41, 5.74) is 1.84. The molecule has 0 aliphatic heterocycles. The number of rotatable bonds is 6. The second-order valence-corrected chi connectivity index (χ2v) is 10.1. The smallest absolute Gasteiger partial charge is 1.00 e. The number of carbonyl (C=O) groups excluding carboxylic acids is 2. The Bertz CT molecular complexity index is 1340. The number of alkyl halides is 6. The average molecular weight is 720 g/mol. The molecular weight excluding hydrogens is 695 g/mol. The molecule has 238 valence electrons. The number of Topliss-reactive ketones (excluding diaryl/α,β-unsaturated/α-hetero) is 1. The topological polar surface area (TPSA) is 97.4 Å². The van der Waals surface area contributed by atoms with Crippen molar-refractivity contribution in [1.29, 1.82) is 10.5 Å². The predicted octanol–water partition coefficient (Wildman–Crippen LogP) is 5.15. The van der Waals surface area contributed by atoms with Gasteiger partial charge in [0.15, 0.2) is 0 Å². The number of ether oxygens (including phenoxy) is 1. The molecule has 0 radical (unpaired) electrons. The van der Waals surface area contributed by atoms with Gasteiger partial charge in [0.1, 0.15) is 5.92 Å². The van der Waals surface area contributed by atoms with Gasteiger partial charge in [-0.25, -0.2) is 4.79 Å². The molecule has 0 amide bonds. The fourth-order valence-electron chi connectivity index (χ4n) is 3.08. The molecule has 0 bridgehead atoms. The van der Waals surface area contributed by atoms with Crippen LogP contribution in [-0.2, 0) is 20.7 Å². The third kappa shape index (κ3) is 13.9. The molecule has 0 aromatic heterocycles. The first kappa shape index (κ1) is 44.0. The van der Waals surface area contributed by atoms with Crippen molar-refractivity contribution in [1.82, 2.24) is 0 Å². The van der Waals surface area contributed by atoms with Gasteiger partial charge in [0, 0.05) is 28.2 Å². The van der Waals surface area contributed by atoms with E-state index in [-0.39, 0.29) is 53.2 Å². The second-order valence-electron chi connectivity index (χ2n) is 8.51. The fraction of sp³-hybridized carbons (Fsp3) is 0.385. The summed E-state index contributed by atoms with van der Waals surface area (Å²) in [6, 6.07) is 9.20. The molecule has 0 spiro atoms. The van der Waals surface area contributed by atoms with Crippen molar-refractivity contribution < 1.29 is 71.7 Å². The molecule has 1 unspecified atom stereocenters. The number of nitrogens with zero attached hydrogens (tertiary/aromatic N) is 4. The zero-order valence-corrected chi connectivity index (χ0v) is 29.1. The van der Waals surface area contributed by atoms with Crippen LogP contribution in [0.5, 0.6) is 0 Å². The predicted molar refractivity (Wildman–Crippen MR) is 154 cm³/mol. The zero-order valence-electron chi connectivity index (χ0n) is 25.1. The number of nitriles is 2. The zero-order chi connectivity index (χ0) is 33.9. The van der Waals surface area contributed by atoms with Crippen LogP contribution in [0, 0.1) is 22.7 Å². The Balaban J connectivity index is -0.000000619. The van der Waals surface area contributed by atoms with Gasteiger partial charge in [0.05, 0.1) is 56.6 Å². The Morgan fingerprint density at radius 1 is 0.841 bits per heavy atom. The third-order valence-corrected chi connectivity index (χ3v) is 5.96. The Morgan fingerprint density at radius 3 is 1.48 bits per heavy atom. The molecule has 2 aromatic rings. The van der Waals surface area contributed by atoms with Crippen LogP contribution in [-0.4, -0.2) is 58.9 Å². The molecular formula is C26H25Cl4F6N4NaO3. The van der Waals surface area contributed by atoms with Gasteiger partial charge >= 0.3 is 47.9 Å². The van der Waals surface area contributed by atoms with Gasteiger partial charge in [0.2, 0.25) is 0 Å². The van der Waals surface area contributed by atoms with Crippen LogP contribution >= 0.6 is 46.4 Å². The number of benzene rings is 2. The summed E-state index contributed by atoms with van der Waals surface area (Å²) >= 11 is 23.9. The number of hydrogen-bond acceptors (Lipinski definition) is 7. The quantitative estimate of drug-likeness (QED) is 0.232. The monoisotopic (exact) mass is 718 g/mol. The summed E-state index contributed by atoms with van der Waals surface area (Å²) < 4.78 is 74.3. The van der Waals surface area contributed by atoms with E-state index < -0.39 is 30.0 Å². The van der Waals surface area contributed by atoms with E-state index in [1.165, 1.54) is 13.0 Å². The molecule has 0 heterocycles. The van der Waals surface area contributed by atoms with Crippen LogP contribution in [0.3, 0.4) is 0 Å². The van der Waals surface area contributed by atoms with Crippen molar-refractivity contribution in [3.05, 3.63) is 55.5 Å². The summed E-state index contributed by atoms with van der Waals surface area (Å²) in [5, 5.41) is 18.6. The molecule has 0 N–H and O–H groups in total. The summed E-state index contributed by atoms with van der Waals surface area (Å²) in [5.74, 6) is -6.27. The maximum Gasteiger partial charge on any atom is 1.00 e. The number of carbonyl (C=O) groups is 2. The van der Waals surface area contributed by atoms with Gasteiger partial charge in [-0.05, 0) is 42.3 Å². The van der Waals surface area contributed by atoms with Crippen molar-refractivity contribution in [3.8, 4) is 12.1 Å². The van der Waals surface area contributed by atoms with Gasteiger partial charge < -0.3 is 16.0 Å². The van der Waals surface area contributed by atoms with E-state index in [0.717, 1.165) is 23.4 Å². The molecule has 7 nitrogen and oxygen atoms in total. The number of ketones is 1. The summed E-state index contributed by atoms with van der Waals surface area (Å²) in [7, 11) is 7.04. The molecule has 1 atom stereocenters. The minimum absolute atomic E-state index is 0. The van der Waals surface area contributed by atoms with Crippen LogP contribution in [0.25, 0.3) is 0 Å². The van der Waals surface area contributed by atoms with Gasteiger partial charge in [-0.3, -0.25) is 4.79 Å². The molecule has 2 aromatic carbocycles. The maximum atomic E-state index is 12.4. The first-order valence-corrected chi connectivity index (χ1v) is 13.1. The SMILES string of the molecule is CCOC(=O)C(F)(F)F.CN(C)c1c(Cl)cc(C(C#N)C(=O)C(F)(F)F)cc1Cl.CN(C)c1c(Cl)cc(CC#N)cc1Cl.[H-].[Na+]. The number of anilines is 2. The normalized spacial score (nSPS) is 11.1. The van der Waals surface area contributed by atoms with E-state index in [2.05, 4.69) is 10.8 Å². The van der Waals surface area contributed by atoms with Crippen LogP contribution < -0.4 is 39.4 Å². The van der Waals surface area contributed by atoms with E-state index in [1.54, 1.807) is 31.1 Å². The van der Waals surface area contributed by atoms with Crippen molar-refractivity contribution in [3.63, 3.8) is 0 Å². The first-order chi connectivity index (χ1) is 19.6. The van der Waals surface area contributed by atoms with Gasteiger partial charge in [-0.2, -0.15) is 36.9 Å². The second kappa shape index (κ2) is 19.4. The van der Waals surface area contributed by atoms with Crippen LogP contribution in [0.2, 0.25) is 20.1 Å². The van der Waals surface area contributed by atoms with E-state index >= 15 is 0 Å². The minimum atomic E-state index is -5.10. The van der Waals surface area contributed by atoms with E-state index in [0.29, 0.717) is 22.2 Å². The minimum Gasteiger partial charge on any atom is -1.00 e. The fourth-order valence-corrected chi connectivity index (χ4v) is 4.79. The Kier molecular flexibility index (Phi) is 19.4. The first-order valence-electron chi connectivity index (χ1n) is 11.6. The number of halogens is 10. The summed E-state index contributed by atoms with van der Waals surface area (Å²) in [6.45, 7) is 1.06. The third-order valence-electron chi connectivity index (χ3n) is 4.80. The standard InChI is InChI=1S/C12H9Cl2F3N2O.C10H10Cl2N2.C4H5F3O2.Na.H/c1-19(2)10-8(13)3-6(4-9(10)14)7(5-18)11(20)12(15,16)17;1-14(2)10-8(11)5-7(3-4-13)6-9(10)12;1-2-9-3(8)4(5,6)7;;/h3-4,7H,1-2H3;5-6H,3H2,1-2H3;2H2,1H3;;/q;;;+1;-1. The Hall–Kier alpha value is -2.10. The molecule has 18 heteroatoms. The van der Waals surface area contributed by atoms with Crippen molar-refractivity contribution in [2.45, 2.75) is 31.6 Å². The van der Waals surface area contributed by atoms with Crippen LogP contribution in [0.15, 0.2) is 24.3 Å². The van der Waals surface area contributed by atoms with Crippen LogP contribution in [0.4, 0.5) is 37.7 Å². The van der Waals surface area contributed by atoms with Crippen molar-refractivity contribution in [2.24, 2.45) is 0 Å². The number of esters is 1. The Morgan fingerprint density at radius 2 is 1.23 bits per heavy atom. The van der Waals surface area contributed by atoms with Gasteiger partial charge in [-0.15, -0.1) is 0 Å². The molecule has 0 fully saturated rings. The molecule has 44 heavy (non-hydrogen) atoms. The summed E-state index contributed by atoms with van der Waals surface area (Å²) in [6.07, 6.45) is -9.62. The number of hydrogen-bond donors (Lipinski definition) is 0. The van der Waals surface area contributed by atoms with E-state index in [9.17, 15) is 35.9 Å². The average Bonchev–Trinajstić information content (AvgIpc) is 2.83.